The largest absolute Gasteiger partial charge is 0.497 e. The highest BCUT2D eigenvalue weighted by atomic mass is 32.1. The quantitative estimate of drug-likeness (QED) is 0.678. The third-order valence-electron chi connectivity index (χ3n) is 3.59. The number of carbonyl (C=O) groups is 2. The smallest absolute Gasteiger partial charge is 0.257 e. The minimum absolute atomic E-state index is 0.0479. The maximum Gasteiger partial charge on any atom is 0.257 e. The number of anilines is 2. The van der Waals surface area contributed by atoms with Gasteiger partial charge >= 0.3 is 0 Å². The van der Waals surface area contributed by atoms with Gasteiger partial charge in [-0.05, 0) is 48.5 Å². The summed E-state index contributed by atoms with van der Waals surface area (Å²) in [6.07, 6.45) is 0.0479. The van der Waals surface area contributed by atoms with E-state index in [-0.39, 0.29) is 24.1 Å². The molecular formula is C19H16FN3O3S. The summed E-state index contributed by atoms with van der Waals surface area (Å²) in [6, 6.07) is 12.2. The van der Waals surface area contributed by atoms with Crippen LogP contribution in [0.1, 0.15) is 16.1 Å². The van der Waals surface area contributed by atoms with Crippen LogP contribution in [-0.2, 0) is 11.2 Å². The molecule has 0 aliphatic rings. The molecule has 0 bridgehead atoms. The zero-order valence-electron chi connectivity index (χ0n) is 14.4. The van der Waals surface area contributed by atoms with E-state index in [4.69, 9.17) is 4.74 Å². The van der Waals surface area contributed by atoms with Crippen LogP contribution in [0.25, 0.3) is 0 Å². The molecule has 0 radical (unpaired) electrons. The van der Waals surface area contributed by atoms with E-state index >= 15 is 0 Å². The molecule has 3 rings (SSSR count). The molecule has 6 nitrogen and oxygen atoms in total. The van der Waals surface area contributed by atoms with Gasteiger partial charge in [0.25, 0.3) is 5.91 Å². The first-order valence-electron chi connectivity index (χ1n) is 7.99. The highest BCUT2D eigenvalue weighted by Gasteiger charge is 2.12. The molecule has 2 amide bonds. The van der Waals surface area contributed by atoms with Crippen molar-refractivity contribution in [1.82, 2.24) is 4.98 Å². The second-order valence-electron chi connectivity index (χ2n) is 5.56. The van der Waals surface area contributed by atoms with Gasteiger partial charge in [-0.1, -0.05) is 0 Å². The molecule has 0 saturated carbocycles. The van der Waals surface area contributed by atoms with Gasteiger partial charge in [-0.2, -0.15) is 0 Å². The molecule has 0 spiro atoms. The van der Waals surface area contributed by atoms with E-state index in [0.717, 1.165) is 0 Å². The third-order valence-corrected chi connectivity index (χ3v) is 4.40. The van der Waals surface area contributed by atoms with Crippen LogP contribution in [0.2, 0.25) is 0 Å². The molecule has 0 fully saturated rings. The fraction of sp³-hybridized carbons (Fsp3) is 0.105. The number of aromatic nitrogens is 1. The molecule has 2 aromatic carbocycles. The number of carbonyl (C=O) groups excluding carboxylic acids is 2. The Morgan fingerprint density at radius 1 is 1.07 bits per heavy atom. The van der Waals surface area contributed by atoms with Crippen molar-refractivity contribution in [3.63, 3.8) is 0 Å². The van der Waals surface area contributed by atoms with E-state index in [1.165, 1.54) is 35.6 Å². The number of ether oxygens (including phenoxy) is 1. The Balaban J connectivity index is 1.56. The summed E-state index contributed by atoms with van der Waals surface area (Å²) in [5.41, 5.74) is 1.51. The lowest BCUT2D eigenvalue weighted by molar-refractivity contribution is -0.115. The number of nitrogens with one attached hydrogen (secondary N) is 2. The predicted octanol–water partition coefficient (Wildman–Crippen LogP) is 3.72. The van der Waals surface area contributed by atoms with Gasteiger partial charge in [0.2, 0.25) is 5.91 Å². The molecule has 2 N–H and O–H groups in total. The van der Waals surface area contributed by atoms with Crippen LogP contribution in [0.5, 0.6) is 5.75 Å². The van der Waals surface area contributed by atoms with Crippen molar-refractivity contribution in [3.05, 3.63) is 71.0 Å². The summed E-state index contributed by atoms with van der Waals surface area (Å²) >= 11 is 1.23. The topological polar surface area (TPSA) is 80.3 Å². The van der Waals surface area contributed by atoms with E-state index in [1.54, 1.807) is 36.8 Å². The molecule has 0 saturated heterocycles. The lowest BCUT2D eigenvalue weighted by atomic mass is 10.2. The molecular weight excluding hydrogens is 369 g/mol. The van der Waals surface area contributed by atoms with Crippen molar-refractivity contribution in [1.29, 1.82) is 0 Å². The zero-order chi connectivity index (χ0) is 19.2. The van der Waals surface area contributed by atoms with Crippen LogP contribution in [0.4, 0.5) is 15.2 Å². The average molecular weight is 385 g/mol. The SMILES string of the molecule is COc1ccc(C(=O)Nc2nc(CC(=O)Nc3ccc(F)cc3)cs2)cc1. The van der Waals surface area contributed by atoms with Crippen LogP contribution in [0, 0.1) is 5.82 Å². The first kappa shape index (κ1) is 18.5. The zero-order valence-corrected chi connectivity index (χ0v) is 15.2. The van der Waals surface area contributed by atoms with E-state index in [9.17, 15) is 14.0 Å². The van der Waals surface area contributed by atoms with Crippen LogP contribution in [0.15, 0.2) is 53.9 Å². The third kappa shape index (κ3) is 5.11. The number of nitrogens with zero attached hydrogens (tertiary/aromatic N) is 1. The summed E-state index contributed by atoms with van der Waals surface area (Å²) < 4.78 is 17.9. The van der Waals surface area contributed by atoms with Gasteiger partial charge in [0.05, 0.1) is 19.2 Å². The van der Waals surface area contributed by atoms with Gasteiger partial charge in [-0.15, -0.1) is 11.3 Å². The predicted molar refractivity (Wildman–Crippen MR) is 102 cm³/mol. The number of thiazole rings is 1. The second-order valence-corrected chi connectivity index (χ2v) is 6.42. The minimum atomic E-state index is -0.371. The Morgan fingerprint density at radius 3 is 2.44 bits per heavy atom. The van der Waals surface area contributed by atoms with Gasteiger partial charge < -0.3 is 10.1 Å². The van der Waals surface area contributed by atoms with Crippen molar-refractivity contribution in [3.8, 4) is 5.75 Å². The number of hydrogen-bond acceptors (Lipinski definition) is 5. The van der Waals surface area contributed by atoms with Gasteiger partial charge in [-0.25, -0.2) is 9.37 Å². The fourth-order valence-corrected chi connectivity index (χ4v) is 2.97. The monoisotopic (exact) mass is 385 g/mol. The Bertz CT molecular complexity index is 940. The first-order valence-corrected chi connectivity index (χ1v) is 8.86. The molecule has 0 aliphatic heterocycles. The number of benzene rings is 2. The number of methoxy groups -OCH3 is 1. The number of halogens is 1. The van der Waals surface area contributed by atoms with Gasteiger partial charge in [0, 0.05) is 16.6 Å². The highest BCUT2D eigenvalue weighted by molar-refractivity contribution is 7.14. The van der Waals surface area contributed by atoms with Crippen molar-refractivity contribution in [2.75, 3.05) is 17.7 Å². The molecule has 0 atom stereocenters. The fourth-order valence-electron chi connectivity index (χ4n) is 2.26. The van der Waals surface area contributed by atoms with E-state index < -0.39 is 0 Å². The molecule has 1 heterocycles. The van der Waals surface area contributed by atoms with Gasteiger partial charge in [0.1, 0.15) is 11.6 Å². The number of rotatable bonds is 6. The van der Waals surface area contributed by atoms with Crippen molar-refractivity contribution >= 4 is 34.0 Å². The summed E-state index contributed by atoms with van der Waals surface area (Å²) in [5.74, 6) is -0.283. The maximum absolute atomic E-state index is 12.9. The van der Waals surface area contributed by atoms with Crippen molar-refractivity contribution < 1.29 is 18.7 Å². The minimum Gasteiger partial charge on any atom is -0.497 e. The van der Waals surface area contributed by atoms with E-state index in [2.05, 4.69) is 15.6 Å². The van der Waals surface area contributed by atoms with Crippen molar-refractivity contribution in [2.45, 2.75) is 6.42 Å². The normalized spacial score (nSPS) is 10.3. The Kier molecular flexibility index (Phi) is 5.77. The summed E-state index contributed by atoms with van der Waals surface area (Å²) in [7, 11) is 1.55. The molecule has 1 aromatic heterocycles. The maximum atomic E-state index is 12.9. The Morgan fingerprint density at radius 2 is 1.78 bits per heavy atom. The van der Waals surface area contributed by atoms with Crippen molar-refractivity contribution in [2.24, 2.45) is 0 Å². The first-order chi connectivity index (χ1) is 13.0. The van der Waals surface area contributed by atoms with E-state index in [0.29, 0.717) is 27.8 Å². The lowest BCUT2D eigenvalue weighted by Gasteiger charge is -2.04. The lowest BCUT2D eigenvalue weighted by Crippen LogP contribution is -2.15. The molecule has 0 unspecified atom stereocenters. The standard InChI is InChI=1S/C19H16FN3O3S/c1-26-16-8-2-12(3-9-16)18(25)23-19-22-15(11-27-19)10-17(24)21-14-6-4-13(20)5-7-14/h2-9,11H,10H2,1H3,(H,21,24)(H,22,23,25). The number of hydrogen-bond donors (Lipinski definition) is 2. The summed E-state index contributed by atoms with van der Waals surface area (Å²) in [6.45, 7) is 0. The molecule has 0 aliphatic carbocycles. The van der Waals surface area contributed by atoms with E-state index in [1.807, 2.05) is 0 Å². The molecule has 27 heavy (non-hydrogen) atoms. The van der Waals surface area contributed by atoms with Crippen LogP contribution < -0.4 is 15.4 Å². The van der Waals surface area contributed by atoms with Crippen LogP contribution in [-0.4, -0.2) is 23.9 Å². The second kappa shape index (κ2) is 8.41. The molecule has 8 heteroatoms. The average Bonchev–Trinajstić information content (AvgIpc) is 3.10. The summed E-state index contributed by atoms with van der Waals surface area (Å²) in [5, 5.41) is 7.47. The van der Waals surface area contributed by atoms with Gasteiger partial charge in [0.15, 0.2) is 5.13 Å². The van der Waals surface area contributed by atoms with Crippen LogP contribution in [0.3, 0.4) is 0 Å². The Hall–Kier alpha value is -3.26. The van der Waals surface area contributed by atoms with Crippen LogP contribution >= 0.6 is 11.3 Å². The number of amides is 2. The van der Waals surface area contributed by atoms with Gasteiger partial charge in [-0.3, -0.25) is 14.9 Å². The highest BCUT2D eigenvalue weighted by Crippen LogP contribution is 2.18. The Labute approximate surface area is 159 Å². The molecule has 3 aromatic rings. The molecule has 138 valence electrons. The summed E-state index contributed by atoms with van der Waals surface area (Å²) in [4.78, 5) is 28.5.